The molecule has 0 aliphatic carbocycles. The predicted molar refractivity (Wildman–Crippen MR) is 67.5 cm³/mol. The number of aliphatic hydroxyl groups is 1. The molecule has 0 unspecified atom stereocenters. The van der Waals surface area contributed by atoms with Crippen LogP contribution in [0.2, 0.25) is 0 Å². The summed E-state index contributed by atoms with van der Waals surface area (Å²) < 4.78 is 4.76. The van der Waals surface area contributed by atoms with Gasteiger partial charge in [-0.15, -0.1) is 13.2 Å². The van der Waals surface area contributed by atoms with Gasteiger partial charge in [-0.2, -0.15) is 0 Å². The van der Waals surface area contributed by atoms with E-state index in [1.54, 1.807) is 0 Å². The van der Waals surface area contributed by atoms with Crippen LogP contribution in [-0.4, -0.2) is 47.2 Å². The number of carbonyl (C=O) groups is 2. The van der Waals surface area contributed by atoms with Crippen molar-refractivity contribution in [1.29, 1.82) is 0 Å². The first kappa shape index (κ1) is 21.7. The minimum Gasteiger partial charge on any atom is -0.466 e. The lowest BCUT2D eigenvalue weighted by Crippen LogP contribution is -2.02. The summed E-state index contributed by atoms with van der Waals surface area (Å²) in [5.41, 5.74) is 4.78. The van der Waals surface area contributed by atoms with Crippen LogP contribution >= 0.6 is 0 Å². The number of hydrogen-bond donors (Lipinski definition) is 4. The highest BCUT2D eigenvalue weighted by atomic mass is 16.6. The standard InChI is InChI=1S/C6H10O2.C2H7NO.C2H4.CH2O3/c7-6-4-2-1-3-5-8-6;3-1-2-4;1-2;2-1(3)4/h1-5H2;4H,1-3H2;1-2H2;(H2,2,3,4). The number of carbonyl (C=O) groups excluding carboxylic acids is 1. The van der Waals surface area contributed by atoms with Crippen molar-refractivity contribution in [1.82, 2.24) is 0 Å². The van der Waals surface area contributed by atoms with Crippen molar-refractivity contribution < 1.29 is 29.6 Å². The third-order valence-corrected chi connectivity index (χ3v) is 1.42. The summed E-state index contributed by atoms with van der Waals surface area (Å²) in [6.45, 7) is 7.11. The van der Waals surface area contributed by atoms with Crippen molar-refractivity contribution in [2.24, 2.45) is 5.73 Å². The summed E-state index contributed by atoms with van der Waals surface area (Å²) in [6.07, 6.45) is 2.00. The van der Waals surface area contributed by atoms with Crippen LogP contribution in [0.25, 0.3) is 0 Å². The number of ether oxygens (including phenoxy) is 1. The van der Waals surface area contributed by atoms with Crippen molar-refractivity contribution in [2.45, 2.75) is 25.7 Å². The maximum atomic E-state index is 10.5. The molecule has 0 bridgehead atoms. The Labute approximate surface area is 107 Å². The minimum absolute atomic E-state index is 0.0255. The Balaban J connectivity index is -0.000000194. The number of hydrogen-bond acceptors (Lipinski definition) is 5. The average Bonchev–Trinajstić information content (AvgIpc) is 2.59. The highest BCUT2D eigenvalue weighted by Gasteiger charge is 2.05. The molecule has 7 nitrogen and oxygen atoms in total. The van der Waals surface area contributed by atoms with Crippen molar-refractivity contribution in [3.8, 4) is 0 Å². The molecule has 1 fully saturated rings. The van der Waals surface area contributed by atoms with Gasteiger partial charge in [-0.3, -0.25) is 4.79 Å². The normalized spacial score (nSPS) is 12.9. The molecule has 7 heteroatoms. The Morgan fingerprint density at radius 3 is 2.11 bits per heavy atom. The van der Waals surface area contributed by atoms with Crippen LogP contribution in [-0.2, 0) is 9.53 Å². The van der Waals surface area contributed by atoms with Crippen molar-refractivity contribution in [3.63, 3.8) is 0 Å². The lowest BCUT2D eigenvalue weighted by atomic mass is 10.2. The van der Waals surface area contributed by atoms with E-state index in [1.807, 2.05) is 0 Å². The number of carboxylic acid groups (broad SMARTS) is 2. The average molecular weight is 265 g/mol. The van der Waals surface area contributed by atoms with Crippen LogP contribution in [0, 0.1) is 0 Å². The monoisotopic (exact) mass is 265 g/mol. The maximum absolute atomic E-state index is 10.5. The Morgan fingerprint density at radius 2 is 1.72 bits per heavy atom. The molecule has 108 valence electrons. The van der Waals surface area contributed by atoms with Gasteiger partial charge in [0, 0.05) is 13.0 Å². The Hall–Kier alpha value is -1.60. The summed E-state index contributed by atoms with van der Waals surface area (Å²) >= 11 is 0. The van der Waals surface area contributed by atoms with Gasteiger partial charge in [-0.1, -0.05) is 0 Å². The van der Waals surface area contributed by atoms with Gasteiger partial charge >= 0.3 is 12.1 Å². The predicted octanol–water partition coefficient (Wildman–Crippen LogP) is 1.07. The molecule has 0 amide bonds. The lowest BCUT2D eigenvalue weighted by Gasteiger charge is -1.93. The number of aliphatic hydroxyl groups excluding tert-OH is 1. The number of cyclic esters (lactones) is 1. The molecule has 1 aliphatic rings. The second-order valence-corrected chi connectivity index (χ2v) is 2.83. The molecule has 1 heterocycles. The first-order chi connectivity index (χ1) is 8.54. The van der Waals surface area contributed by atoms with E-state index in [1.165, 1.54) is 0 Å². The lowest BCUT2D eigenvalue weighted by molar-refractivity contribution is -0.142. The largest absolute Gasteiger partial charge is 0.503 e. The molecular formula is C11H23NO6. The van der Waals surface area contributed by atoms with Crippen LogP contribution in [0.4, 0.5) is 4.79 Å². The van der Waals surface area contributed by atoms with Gasteiger partial charge in [-0.05, 0) is 19.3 Å². The molecule has 18 heavy (non-hydrogen) atoms. The molecule has 1 rings (SSSR count). The second-order valence-electron chi connectivity index (χ2n) is 2.83. The Bertz CT molecular complexity index is 182. The molecule has 0 radical (unpaired) electrons. The quantitative estimate of drug-likeness (QED) is 0.412. The van der Waals surface area contributed by atoms with Gasteiger partial charge in [0.25, 0.3) is 0 Å². The molecule has 0 aromatic heterocycles. The zero-order chi connectivity index (χ0) is 14.8. The Morgan fingerprint density at radius 1 is 1.28 bits per heavy atom. The highest BCUT2D eigenvalue weighted by molar-refractivity contribution is 5.69. The molecule has 1 aliphatic heterocycles. The zero-order valence-corrected chi connectivity index (χ0v) is 10.5. The first-order valence-corrected chi connectivity index (χ1v) is 5.43. The van der Waals surface area contributed by atoms with E-state index in [0.717, 1.165) is 19.3 Å². The van der Waals surface area contributed by atoms with Crippen LogP contribution in [0.1, 0.15) is 25.7 Å². The third-order valence-electron chi connectivity index (χ3n) is 1.42. The number of esters is 1. The van der Waals surface area contributed by atoms with Gasteiger partial charge in [0.2, 0.25) is 0 Å². The molecule has 0 aromatic carbocycles. The van der Waals surface area contributed by atoms with Crippen LogP contribution in [0.3, 0.4) is 0 Å². The summed E-state index contributed by atoms with van der Waals surface area (Å²) in [5.74, 6) is -0.0255. The van der Waals surface area contributed by atoms with Crippen molar-refractivity contribution in [2.75, 3.05) is 19.8 Å². The van der Waals surface area contributed by atoms with E-state index in [-0.39, 0.29) is 12.6 Å². The molecule has 1 saturated heterocycles. The summed E-state index contributed by atoms with van der Waals surface area (Å²) in [5, 5.41) is 21.7. The summed E-state index contributed by atoms with van der Waals surface area (Å²) in [6, 6.07) is 0. The van der Waals surface area contributed by atoms with Gasteiger partial charge in [0.15, 0.2) is 0 Å². The van der Waals surface area contributed by atoms with E-state index in [4.69, 9.17) is 30.6 Å². The smallest absolute Gasteiger partial charge is 0.466 e. The van der Waals surface area contributed by atoms with E-state index in [2.05, 4.69) is 13.2 Å². The van der Waals surface area contributed by atoms with Gasteiger partial charge in [0.1, 0.15) is 0 Å². The topological polar surface area (TPSA) is 130 Å². The van der Waals surface area contributed by atoms with Crippen LogP contribution in [0.5, 0.6) is 0 Å². The van der Waals surface area contributed by atoms with E-state index < -0.39 is 6.16 Å². The van der Waals surface area contributed by atoms with Gasteiger partial charge in [-0.25, -0.2) is 4.79 Å². The number of nitrogens with two attached hydrogens (primary N) is 1. The maximum Gasteiger partial charge on any atom is 0.503 e. The molecule has 0 saturated carbocycles. The minimum atomic E-state index is -1.83. The SMILES string of the molecule is C=C.NCCO.O=C(O)O.O=C1CCCCCO1. The first-order valence-electron chi connectivity index (χ1n) is 5.43. The summed E-state index contributed by atoms with van der Waals surface area (Å²) in [7, 11) is 0. The van der Waals surface area contributed by atoms with Crippen molar-refractivity contribution in [3.05, 3.63) is 13.2 Å². The fourth-order valence-electron chi connectivity index (χ4n) is 0.806. The summed E-state index contributed by atoms with van der Waals surface area (Å²) in [4.78, 5) is 19.0. The van der Waals surface area contributed by atoms with Crippen LogP contribution in [0.15, 0.2) is 13.2 Å². The van der Waals surface area contributed by atoms with E-state index >= 15 is 0 Å². The zero-order valence-electron chi connectivity index (χ0n) is 10.5. The number of rotatable bonds is 1. The third kappa shape index (κ3) is 36.6. The second kappa shape index (κ2) is 20.8. The molecule has 5 N–H and O–H groups in total. The molecule has 0 atom stereocenters. The van der Waals surface area contributed by atoms with Gasteiger partial charge in [0.05, 0.1) is 13.2 Å². The molecule has 0 aromatic rings. The van der Waals surface area contributed by atoms with Crippen LogP contribution < -0.4 is 5.73 Å². The fraction of sp³-hybridized carbons (Fsp3) is 0.636. The fourth-order valence-corrected chi connectivity index (χ4v) is 0.806. The molecule has 0 spiro atoms. The van der Waals surface area contributed by atoms with Crippen molar-refractivity contribution >= 4 is 12.1 Å². The molecular weight excluding hydrogens is 242 g/mol. The Kier molecular flexibility index (Phi) is 25.0. The highest BCUT2D eigenvalue weighted by Crippen LogP contribution is 2.06. The van der Waals surface area contributed by atoms with E-state index in [0.29, 0.717) is 19.6 Å². The van der Waals surface area contributed by atoms with Gasteiger partial charge < -0.3 is 25.8 Å². The van der Waals surface area contributed by atoms with E-state index in [9.17, 15) is 4.79 Å².